The summed E-state index contributed by atoms with van der Waals surface area (Å²) in [6.07, 6.45) is 5.85. The van der Waals surface area contributed by atoms with Gasteiger partial charge in [0.2, 0.25) is 5.91 Å². The van der Waals surface area contributed by atoms with Crippen molar-refractivity contribution in [2.24, 2.45) is 0 Å². The summed E-state index contributed by atoms with van der Waals surface area (Å²) >= 11 is 0. The van der Waals surface area contributed by atoms with Gasteiger partial charge >= 0.3 is 0 Å². The molecule has 0 unspecified atom stereocenters. The minimum absolute atomic E-state index is 0.100. The topological polar surface area (TPSA) is 58.1 Å². The number of nitrogens with zero attached hydrogens (tertiary/aromatic N) is 3. The summed E-state index contributed by atoms with van der Waals surface area (Å²) in [6.45, 7) is 2.75. The van der Waals surface area contributed by atoms with Gasteiger partial charge in [0, 0.05) is 45.0 Å². The molecule has 0 spiro atoms. The molecule has 0 fully saturated rings. The van der Waals surface area contributed by atoms with Crippen LogP contribution in [-0.4, -0.2) is 33.9 Å². The van der Waals surface area contributed by atoms with Crippen LogP contribution in [0.3, 0.4) is 0 Å². The Labute approximate surface area is 228 Å². The molecule has 0 bridgehead atoms. The predicted octanol–water partition coefficient (Wildman–Crippen LogP) is 6.52. The van der Waals surface area contributed by atoms with Gasteiger partial charge in [-0.3, -0.25) is 19.7 Å². The van der Waals surface area contributed by atoms with Crippen molar-refractivity contribution < 1.29 is 4.79 Å². The highest BCUT2D eigenvalue weighted by atomic mass is 16.1. The van der Waals surface area contributed by atoms with Crippen LogP contribution in [-0.2, 0) is 24.3 Å². The molecule has 6 aromatic rings. The molecule has 0 aliphatic heterocycles. The van der Waals surface area contributed by atoms with E-state index in [-0.39, 0.29) is 5.91 Å². The maximum Gasteiger partial charge on any atom is 0.220 e. The zero-order chi connectivity index (χ0) is 26.4. The van der Waals surface area contributed by atoms with Crippen molar-refractivity contribution in [2.75, 3.05) is 13.1 Å². The van der Waals surface area contributed by atoms with Gasteiger partial charge in [0.15, 0.2) is 0 Å². The Morgan fingerprint density at radius 3 is 2.00 bits per heavy atom. The summed E-state index contributed by atoms with van der Waals surface area (Å²) in [7, 11) is 0. The van der Waals surface area contributed by atoms with Gasteiger partial charge in [0.05, 0.1) is 11.4 Å². The van der Waals surface area contributed by atoms with E-state index in [0.29, 0.717) is 26.1 Å². The van der Waals surface area contributed by atoms with Gasteiger partial charge < -0.3 is 5.32 Å². The smallest absolute Gasteiger partial charge is 0.220 e. The van der Waals surface area contributed by atoms with Crippen molar-refractivity contribution in [3.63, 3.8) is 0 Å². The highest BCUT2D eigenvalue weighted by Crippen LogP contribution is 2.36. The summed E-state index contributed by atoms with van der Waals surface area (Å²) in [5.74, 6) is 0.100. The zero-order valence-corrected chi connectivity index (χ0v) is 22.0. The number of amides is 1. The number of carbonyl (C=O) groups excluding carboxylic acids is 1. The summed E-state index contributed by atoms with van der Waals surface area (Å²) in [4.78, 5) is 23.9. The molecule has 0 atom stereocenters. The summed E-state index contributed by atoms with van der Waals surface area (Å²) in [5, 5.41) is 10.9. The minimum Gasteiger partial charge on any atom is -0.355 e. The highest BCUT2D eigenvalue weighted by molar-refractivity contribution is 6.23. The molecule has 194 valence electrons. The molecule has 0 radical (unpaired) electrons. The van der Waals surface area contributed by atoms with E-state index in [1.54, 1.807) is 0 Å². The van der Waals surface area contributed by atoms with Crippen LogP contribution < -0.4 is 5.32 Å². The van der Waals surface area contributed by atoms with E-state index in [2.05, 4.69) is 74.8 Å². The van der Waals surface area contributed by atoms with Crippen LogP contribution in [0.15, 0.2) is 103 Å². The minimum atomic E-state index is 0.100. The van der Waals surface area contributed by atoms with E-state index < -0.39 is 0 Å². The standard InChI is InChI=1S/C34H32N4O/c39-32(37-21-22-38(23-29-10-1-3-19-35-29)24-30-11-2-4-20-36-30)12-6-7-25-13-14-28-16-15-26-8-5-9-27-17-18-31(25)34(28)33(26)27/h1-5,8-11,13-20H,6-7,12,21-24H2,(H,37,39). The lowest BCUT2D eigenvalue weighted by atomic mass is 9.90. The number of hydrogen-bond acceptors (Lipinski definition) is 4. The van der Waals surface area contributed by atoms with E-state index >= 15 is 0 Å². The first kappa shape index (κ1) is 25.0. The Bertz CT molecular complexity index is 1630. The Hall–Kier alpha value is -4.35. The van der Waals surface area contributed by atoms with Crippen LogP contribution in [0.2, 0.25) is 0 Å². The third-order valence-electron chi connectivity index (χ3n) is 7.44. The lowest BCUT2D eigenvalue weighted by Gasteiger charge is -2.22. The Morgan fingerprint density at radius 1 is 0.692 bits per heavy atom. The van der Waals surface area contributed by atoms with Crippen molar-refractivity contribution in [1.82, 2.24) is 20.2 Å². The first-order valence-corrected chi connectivity index (χ1v) is 13.7. The van der Waals surface area contributed by atoms with Gasteiger partial charge in [0.1, 0.15) is 0 Å². The average Bonchev–Trinajstić information content (AvgIpc) is 2.97. The van der Waals surface area contributed by atoms with Gasteiger partial charge in [-0.05, 0) is 75.0 Å². The van der Waals surface area contributed by atoms with Crippen LogP contribution in [0.4, 0.5) is 0 Å². The summed E-state index contributed by atoms with van der Waals surface area (Å²) < 4.78 is 0. The molecule has 0 saturated heterocycles. The number of carbonyl (C=O) groups is 1. The highest BCUT2D eigenvalue weighted by Gasteiger charge is 2.12. The maximum absolute atomic E-state index is 12.7. The Kier molecular flexibility index (Phi) is 7.41. The zero-order valence-electron chi connectivity index (χ0n) is 22.0. The second-order valence-corrected chi connectivity index (χ2v) is 10.1. The van der Waals surface area contributed by atoms with Gasteiger partial charge in [-0.1, -0.05) is 66.7 Å². The fourth-order valence-corrected chi connectivity index (χ4v) is 5.55. The first-order chi connectivity index (χ1) is 19.2. The van der Waals surface area contributed by atoms with Crippen LogP contribution >= 0.6 is 0 Å². The van der Waals surface area contributed by atoms with Crippen molar-refractivity contribution in [2.45, 2.75) is 32.4 Å². The van der Waals surface area contributed by atoms with Crippen molar-refractivity contribution in [1.29, 1.82) is 0 Å². The molecule has 0 aliphatic rings. The van der Waals surface area contributed by atoms with E-state index in [1.165, 1.54) is 37.9 Å². The van der Waals surface area contributed by atoms with Crippen LogP contribution in [0.25, 0.3) is 32.3 Å². The molecule has 0 saturated carbocycles. The molecular weight excluding hydrogens is 480 g/mol. The van der Waals surface area contributed by atoms with Crippen LogP contribution in [0.5, 0.6) is 0 Å². The lowest BCUT2D eigenvalue weighted by molar-refractivity contribution is -0.121. The van der Waals surface area contributed by atoms with Crippen LogP contribution in [0, 0.1) is 0 Å². The lowest BCUT2D eigenvalue weighted by Crippen LogP contribution is -2.34. The first-order valence-electron chi connectivity index (χ1n) is 13.7. The number of aromatic nitrogens is 2. The number of benzene rings is 4. The van der Waals surface area contributed by atoms with Gasteiger partial charge in [-0.25, -0.2) is 0 Å². The maximum atomic E-state index is 12.7. The van der Waals surface area contributed by atoms with E-state index in [4.69, 9.17) is 0 Å². The summed E-state index contributed by atoms with van der Waals surface area (Å²) in [6, 6.07) is 31.8. The van der Waals surface area contributed by atoms with Crippen molar-refractivity contribution in [3.05, 3.63) is 120 Å². The average molecular weight is 513 g/mol. The quantitative estimate of drug-likeness (QED) is 0.201. The molecule has 39 heavy (non-hydrogen) atoms. The molecule has 1 amide bonds. The van der Waals surface area contributed by atoms with Gasteiger partial charge in [-0.2, -0.15) is 0 Å². The Balaban J connectivity index is 1.05. The third-order valence-corrected chi connectivity index (χ3v) is 7.44. The summed E-state index contributed by atoms with van der Waals surface area (Å²) in [5.41, 5.74) is 3.33. The molecule has 0 aliphatic carbocycles. The second-order valence-electron chi connectivity index (χ2n) is 10.1. The molecule has 4 aromatic carbocycles. The molecule has 6 rings (SSSR count). The largest absolute Gasteiger partial charge is 0.355 e. The number of pyridine rings is 2. The number of aryl methyl sites for hydroxylation is 1. The third kappa shape index (κ3) is 5.74. The molecular formula is C34H32N4O. The van der Waals surface area contributed by atoms with Crippen molar-refractivity contribution in [3.8, 4) is 0 Å². The molecule has 5 heteroatoms. The SMILES string of the molecule is O=C(CCCc1ccc2ccc3cccc4ccc1c2c34)NCCN(Cc1ccccn1)Cc1ccccn1. The number of hydrogen-bond donors (Lipinski definition) is 1. The van der Waals surface area contributed by atoms with Gasteiger partial charge in [0.25, 0.3) is 0 Å². The van der Waals surface area contributed by atoms with Gasteiger partial charge in [-0.15, -0.1) is 0 Å². The molecule has 2 aromatic heterocycles. The van der Waals surface area contributed by atoms with E-state index in [9.17, 15) is 4.79 Å². The fourth-order valence-electron chi connectivity index (χ4n) is 5.55. The molecule has 2 heterocycles. The van der Waals surface area contributed by atoms with Crippen molar-refractivity contribution >= 4 is 38.2 Å². The number of rotatable bonds is 11. The molecule has 5 nitrogen and oxygen atoms in total. The second kappa shape index (κ2) is 11.6. The molecule has 1 N–H and O–H groups in total. The monoisotopic (exact) mass is 512 g/mol. The normalized spacial score (nSPS) is 11.6. The number of nitrogens with one attached hydrogen (secondary N) is 1. The van der Waals surface area contributed by atoms with E-state index in [1.807, 2.05) is 48.8 Å². The van der Waals surface area contributed by atoms with E-state index in [0.717, 1.165) is 30.8 Å². The predicted molar refractivity (Wildman–Crippen MR) is 159 cm³/mol. The van der Waals surface area contributed by atoms with Crippen LogP contribution in [0.1, 0.15) is 29.8 Å². The fraction of sp³-hybridized carbons (Fsp3) is 0.206. The Morgan fingerprint density at radius 2 is 1.33 bits per heavy atom.